The molecular weight excluding hydrogens is 296 g/mol. The Bertz CT molecular complexity index is 727. The number of piperazine rings is 1. The summed E-state index contributed by atoms with van der Waals surface area (Å²) in [5, 5.41) is 13.6. The molecule has 2 aromatic heterocycles. The zero-order chi connectivity index (χ0) is 14.9. The maximum absolute atomic E-state index is 9.37. The van der Waals surface area contributed by atoms with Crippen molar-refractivity contribution in [3.63, 3.8) is 0 Å². The molecule has 1 saturated heterocycles. The maximum atomic E-state index is 9.37. The summed E-state index contributed by atoms with van der Waals surface area (Å²) >= 11 is 1.68. The number of nitrogens with one attached hydrogen (secondary N) is 1. The number of aromatic hydroxyl groups is 1. The quantitative estimate of drug-likeness (QED) is 0.780. The number of hydrogen-bond donors (Lipinski definition) is 2. The van der Waals surface area contributed by atoms with Gasteiger partial charge >= 0.3 is 0 Å². The van der Waals surface area contributed by atoms with Crippen LogP contribution in [0.25, 0.3) is 11.0 Å². The lowest BCUT2D eigenvalue weighted by molar-refractivity contribution is 0.245. The zero-order valence-corrected chi connectivity index (χ0v) is 13.0. The van der Waals surface area contributed by atoms with Crippen molar-refractivity contribution >= 4 is 28.1 Å². The second-order valence-electron chi connectivity index (χ2n) is 5.63. The molecule has 1 aromatic carbocycles. The Labute approximate surface area is 132 Å². The summed E-state index contributed by atoms with van der Waals surface area (Å²) in [5.41, 5.74) is 3.39. The fourth-order valence-corrected chi connectivity index (χ4v) is 3.61. The van der Waals surface area contributed by atoms with Gasteiger partial charge in [-0.3, -0.25) is 4.90 Å². The first-order valence-corrected chi connectivity index (χ1v) is 8.39. The van der Waals surface area contributed by atoms with Gasteiger partial charge in [-0.2, -0.15) is 0 Å². The van der Waals surface area contributed by atoms with Gasteiger partial charge in [0.1, 0.15) is 11.6 Å². The third kappa shape index (κ3) is 2.67. The number of anilines is 1. The van der Waals surface area contributed by atoms with Crippen molar-refractivity contribution in [2.45, 2.75) is 6.54 Å². The smallest absolute Gasteiger partial charge is 0.121 e. The van der Waals surface area contributed by atoms with Crippen LogP contribution in [0.4, 0.5) is 5.69 Å². The van der Waals surface area contributed by atoms with Crippen LogP contribution in [-0.4, -0.2) is 46.2 Å². The third-order valence-corrected chi connectivity index (χ3v) is 4.87. The fraction of sp³-hybridized carbons (Fsp3) is 0.312. The van der Waals surface area contributed by atoms with Gasteiger partial charge in [-0.1, -0.05) is 0 Å². The van der Waals surface area contributed by atoms with Crippen LogP contribution < -0.4 is 4.90 Å². The summed E-state index contributed by atoms with van der Waals surface area (Å²) in [6, 6.07) is 7.45. The number of nitrogens with zero attached hydrogens (tertiary/aromatic N) is 3. The summed E-state index contributed by atoms with van der Waals surface area (Å²) in [7, 11) is 0. The number of aromatic nitrogens is 2. The topological polar surface area (TPSA) is 55.4 Å². The highest BCUT2D eigenvalue weighted by Crippen LogP contribution is 2.21. The number of thiophene rings is 1. The Morgan fingerprint density at radius 3 is 2.59 bits per heavy atom. The van der Waals surface area contributed by atoms with Crippen LogP contribution in [0.1, 0.15) is 5.82 Å². The Morgan fingerprint density at radius 1 is 1.09 bits per heavy atom. The van der Waals surface area contributed by atoms with E-state index < -0.39 is 0 Å². The molecule has 0 spiro atoms. The predicted molar refractivity (Wildman–Crippen MR) is 89.6 cm³/mol. The number of rotatable bonds is 3. The predicted octanol–water partition coefficient (Wildman–Crippen LogP) is 2.65. The van der Waals surface area contributed by atoms with Gasteiger partial charge in [0.25, 0.3) is 0 Å². The molecule has 0 unspecified atom stereocenters. The lowest BCUT2D eigenvalue weighted by Gasteiger charge is -2.35. The van der Waals surface area contributed by atoms with Gasteiger partial charge in [-0.05, 0) is 24.3 Å². The monoisotopic (exact) mass is 314 g/mol. The molecule has 114 valence electrons. The minimum Gasteiger partial charge on any atom is -0.508 e. The molecule has 5 nitrogen and oxygen atoms in total. The van der Waals surface area contributed by atoms with Gasteiger partial charge in [0, 0.05) is 42.6 Å². The average molecular weight is 314 g/mol. The highest BCUT2D eigenvalue weighted by molar-refractivity contribution is 7.09. The summed E-state index contributed by atoms with van der Waals surface area (Å²) in [4.78, 5) is 12.8. The number of fused-ring (bicyclic) bond motifs is 1. The number of imidazole rings is 1. The lowest BCUT2D eigenvalue weighted by atomic mass is 10.2. The maximum Gasteiger partial charge on any atom is 0.121 e. The number of H-pyrrole nitrogens is 1. The van der Waals surface area contributed by atoms with Crippen LogP contribution in [-0.2, 0) is 6.54 Å². The normalized spacial score (nSPS) is 16.5. The zero-order valence-electron chi connectivity index (χ0n) is 12.2. The van der Waals surface area contributed by atoms with E-state index in [1.807, 2.05) is 12.1 Å². The average Bonchev–Trinajstić information content (AvgIpc) is 3.10. The van der Waals surface area contributed by atoms with Crippen LogP contribution in [0.5, 0.6) is 5.75 Å². The van der Waals surface area contributed by atoms with Crippen molar-refractivity contribution in [1.29, 1.82) is 0 Å². The highest BCUT2D eigenvalue weighted by Gasteiger charge is 2.18. The molecule has 1 fully saturated rings. The Morgan fingerprint density at radius 2 is 1.86 bits per heavy atom. The summed E-state index contributed by atoms with van der Waals surface area (Å²) in [5.74, 6) is 1.37. The molecule has 0 bridgehead atoms. The van der Waals surface area contributed by atoms with Gasteiger partial charge in [0.05, 0.1) is 17.6 Å². The van der Waals surface area contributed by atoms with Crippen LogP contribution in [0, 0.1) is 0 Å². The van der Waals surface area contributed by atoms with Gasteiger partial charge in [0.15, 0.2) is 0 Å². The van der Waals surface area contributed by atoms with Crippen LogP contribution >= 0.6 is 11.3 Å². The number of aromatic amines is 1. The minimum absolute atomic E-state index is 0.319. The summed E-state index contributed by atoms with van der Waals surface area (Å²) in [6.45, 7) is 4.92. The summed E-state index contributed by atoms with van der Waals surface area (Å²) in [6.07, 6.45) is 0. The number of phenolic OH excluding ortho intramolecular Hbond substituents is 1. The molecule has 0 aliphatic carbocycles. The molecule has 4 rings (SSSR count). The first-order valence-electron chi connectivity index (χ1n) is 7.45. The first-order chi connectivity index (χ1) is 10.8. The SMILES string of the molecule is Oc1ccc(N2CCN(Cc3nc4cscc4[nH]3)CC2)cc1. The standard InChI is InChI=1S/C16H18N4OS/c21-13-3-1-12(2-4-13)20-7-5-19(6-8-20)9-16-17-14-10-22-11-15(14)18-16/h1-4,10-11,21H,5-9H2,(H,17,18). The number of phenols is 1. The van der Waals surface area contributed by atoms with E-state index in [2.05, 4.69) is 30.5 Å². The molecule has 6 heteroatoms. The van der Waals surface area contributed by atoms with Crippen molar-refractivity contribution in [3.8, 4) is 5.75 Å². The van der Waals surface area contributed by atoms with Gasteiger partial charge in [0.2, 0.25) is 0 Å². The van der Waals surface area contributed by atoms with Gasteiger partial charge in [-0.15, -0.1) is 11.3 Å². The molecule has 2 N–H and O–H groups in total. The number of hydrogen-bond acceptors (Lipinski definition) is 5. The molecule has 1 aliphatic heterocycles. The van der Waals surface area contributed by atoms with Crippen LogP contribution in [0.2, 0.25) is 0 Å². The third-order valence-electron chi connectivity index (χ3n) is 4.14. The lowest BCUT2D eigenvalue weighted by Crippen LogP contribution is -2.46. The highest BCUT2D eigenvalue weighted by atomic mass is 32.1. The second-order valence-corrected chi connectivity index (χ2v) is 6.38. The van der Waals surface area contributed by atoms with E-state index in [9.17, 15) is 5.11 Å². The second kappa shape index (κ2) is 5.62. The molecular formula is C16H18N4OS. The van der Waals surface area contributed by atoms with Crippen LogP contribution in [0.15, 0.2) is 35.0 Å². The molecule has 0 atom stereocenters. The molecule has 3 aromatic rings. The van der Waals surface area contributed by atoms with E-state index in [1.165, 1.54) is 5.69 Å². The molecule has 3 heterocycles. The molecule has 22 heavy (non-hydrogen) atoms. The molecule has 1 aliphatic rings. The van der Waals surface area contributed by atoms with Crippen LogP contribution in [0.3, 0.4) is 0 Å². The largest absolute Gasteiger partial charge is 0.508 e. The summed E-state index contributed by atoms with van der Waals surface area (Å²) < 4.78 is 0. The van der Waals surface area contributed by atoms with Crippen molar-refractivity contribution < 1.29 is 5.11 Å². The number of benzene rings is 1. The van der Waals surface area contributed by atoms with Crippen molar-refractivity contribution in [3.05, 3.63) is 40.8 Å². The van der Waals surface area contributed by atoms with E-state index >= 15 is 0 Å². The molecule has 0 radical (unpaired) electrons. The molecule has 0 amide bonds. The van der Waals surface area contributed by atoms with Crippen molar-refractivity contribution in [2.75, 3.05) is 31.1 Å². The minimum atomic E-state index is 0.319. The Kier molecular flexibility index (Phi) is 3.48. The van der Waals surface area contributed by atoms with Gasteiger partial charge < -0.3 is 15.0 Å². The fourth-order valence-electron chi connectivity index (χ4n) is 2.91. The van der Waals surface area contributed by atoms with E-state index in [0.717, 1.165) is 49.6 Å². The molecule has 0 saturated carbocycles. The van der Waals surface area contributed by atoms with Crippen molar-refractivity contribution in [2.24, 2.45) is 0 Å². The van der Waals surface area contributed by atoms with E-state index in [-0.39, 0.29) is 0 Å². The Hall–Kier alpha value is -2.05. The Balaban J connectivity index is 1.37. The van der Waals surface area contributed by atoms with Crippen molar-refractivity contribution in [1.82, 2.24) is 14.9 Å². The van der Waals surface area contributed by atoms with E-state index in [1.54, 1.807) is 23.5 Å². The van der Waals surface area contributed by atoms with E-state index in [4.69, 9.17) is 0 Å². The first kappa shape index (κ1) is 13.6. The van der Waals surface area contributed by atoms with E-state index in [0.29, 0.717) is 5.75 Å². The van der Waals surface area contributed by atoms with Gasteiger partial charge in [-0.25, -0.2) is 4.98 Å².